The fourth-order valence-electron chi connectivity index (χ4n) is 1.35. The van der Waals surface area contributed by atoms with Crippen LogP contribution in [0.15, 0.2) is 35.0 Å². The third-order valence-electron chi connectivity index (χ3n) is 2.17. The molecule has 1 unspecified atom stereocenters. The van der Waals surface area contributed by atoms with Crippen LogP contribution in [0.25, 0.3) is 0 Å². The molecule has 1 heterocycles. The fourth-order valence-corrected chi connectivity index (χ4v) is 1.35. The van der Waals surface area contributed by atoms with Crippen molar-refractivity contribution in [3.63, 3.8) is 0 Å². The number of methoxy groups -OCH3 is 1. The van der Waals surface area contributed by atoms with E-state index in [2.05, 4.69) is 11.3 Å². The van der Waals surface area contributed by atoms with E-state index in [1.165, 1.54) is 13.4 Å². The zero-order valence-electron chi connectivity index (χ0n) is 12.0. The monoisotopic (exact) mass is 282 g/mol. The van der Waals surface area contributed by atoms with Crippen LogP contribution in [0.2, 0.25) is 0 Å². The first-order valence-electron chi connectivity index (χ1n) is 5.94. The smallest absolute Gasteiger partial charge is 0.466 e. The Kier molecular flexibility index (Phi) is 4.96. The highest BCUT2D eigenvalue weighted by atomic mass is 16.7. The minimum atomic E-state index is -1.09. The molecule has 1 aromatic heterocycles. The van der Waals surface area contributed by atoms with E-state index >= 15 is 0 Å². The van der Waals surface area contributed by atoms with Crippen LogP contribution in [0.4, 0.5) is 4.79 Å². The number of rotatable bonds is 4. The molecule has 0 N–H and O–H groups in total. The van der Waals surface area contributed by atoms with E-state index in [9.17, 15) is 9.59 Å². The Bertz CT molecular complexity index is 480. The highest BCUT2D eigenvalue weighted by molar-refractivity contribution is 5.89. The third kappa shape index (κ3) is 4.46. The molecular weight excluding hydrogens is 264 g/mol. The van der Waals surface area contributed by atoms with Gasteiger partial charge in [0.1, 0.15) is 11.4 Å². The standard InChI is InChI=1S/C14H18O6/c1-9(12(15)17-5)11(10-7-6-8-18-10)19-13(16)20-14(2,3)4/h6-8,11H,1H2,2-5H3. The van der Waals surface area contributed by atoms with Gasteiger partial charge in [-0.05, 0) is 32.9 Å². The minimum Gasteiger partial charge on any atom is -0.466 e. The summed E-state index contributed by atoms with van der Waals surface area (Å²) in [5.74, 6) is -0.443. The predicted octanol–water partition coefficient (Wildman–Crippen LogP) is 3.00. The van der Waals surface area contributed by atoms with Crippen molar-refractivity contribution in [3.8, 4) is 0 Å². The van der Waals surface area contributed by atoms with Gasteiger partial charge in [-0.25, -0.2) is 9.59 Å². The minimum absolute atomic E-state index is 0.0618. The lowest BCUT2D eigenvalue weighted by atomic mass is 10.1. The summed E-state index contributed by atoms with van der Waals surface area (Å²) in [5.41, 5.74) is -0.773. The normalized spacial score (nSPS) is 12.4. The maximum Gasteiger partial charge on any atom is 0.509 e. The number of carbonyl (C=O) groups excluding carboxylic acids is 2. The third-order valence-corrected chi connectivity index (χ3v) is 2.17. The van der Waals surface area contributed by atoms with E-state index in [1.807, 2.05) is 0 Å². The molecule has 0 aliphatic rings. The molecule has 110 valence electrons. The van der Waals surface area contributed by atoms with Crippen LogP contribution in [-0.2, 0) is 19.0 Å². The molecule has 1 atom stereocenters. The largest absolute Gasteiger partial charge is 0.509 e. The van der Waals surface area contributed by atoms with Crippen LogP contribution >= 0.6 is 0 Å². The van der Waals surface area contributed by atoms with Crippen molar-refractivity contribution in [2.24, 2.45) is 0 Å². The molecule has 0 radical (unpaired) electrons. The van der Waals surface area contributed by atoms with Gasteiger partial charge in [0.15, 0.2) is 6.10 Å². The number of hydrogen-bond acceptors (Lipinski definition) is 6. The number of carbonyl (C=O) groups is 2. The van der Waals surface area contributed by atoms with Crippen molar-refractivity contribution < 1.29 is 28.2 Å². The van der Waals surface area contributed by atoms with Crippen molar-refractivity contribution in [1.29, 1.82) is 0 Å². The molecule has 0 aliphatic carbocycles. The lowest BCUT2D eigenvalue weighted by molar-refractivity contribution is -0.137. The summed E-state index contributed by atoms with van der Waals surface area (Å²) >= 11 is 0. The molecule has 1 rings (SSSR count). The highest BCUT2D eigenvalue weighted by Crippen LogP contribution is 2.27. The second kappa shape index (κ2) is 6.27. The van der Waals surface area contributed by atoms with E-state index in [0.717, 1.165) is 0 Å². The molecular formula is C14H18O6. The van der Waals surface area contributed by atoms with Crippen molar-refractivity contribution in [1.82, 2.24) is 0 Å². The van der Waals surface area contributed by atoms with Gasteiger partial charge in [0.05, 0.1) is 18.9 Å². The zero-order valence-corrected chi connectivity index (χ0v) is 12.0. The molecule has 0 amide bonds. The first-order valence-corrected chi connectivity index (χ1v) is 5.94. The summed E-state index contributed by atoms with van der Waals surface area (Å²) in [6.07, 6.45) is -0.623. The quantitative estimate of drug-likeness (QED) is 0.624. The Morgan fingerprint density at radius 1 is 1.35 bits per heavy atom. The first-order chi connectivity index (χ1) is 9.24. The van der Waals surface area contributed by atoms with E-state index in [-0.39, 0.29) is 11.3 Å². The summed E-state index contributed by atoms with van der Waals surface area (Å²) in [7, 11) is 1.21. The maximum atomic E-state index is 11.7. The van der Waals surface area contributed by atoms with Gasteiger partial charge < -0.3 is 18.6 Å². The summed E-state index contributed by atoms with van der Waals surface area (Å²) in [6.45, 7) is 8.66. The molecule has 0 fully saturated rings. The molecule has 0 saturated carbocycles. The van der Waals surface area contributed by atoms with Crippen LogP contribution in [0.5, 0.6) is 0 Å². The Morgan fingerprint density at radius 2 is 2.00 bits per heavy atom. The molecule has 0 bridgehead atoms. The molecule has 1 aromatic rings. The average molecular weight is 282 g/mol. The summed E-state index contributed by atoms with van der Waals surface area (Å²) < 4.78 is 19.8. The first kappa shape index (κ1) is 15.8. The van der Waals surface area contributed by atoms with Crippen LogP contribution in [-0.4, -0.2) is 24.8 Å². The van der Waals surface area contributed by atoms with E-state index in [1.54, 1.807) is 32.9 Å². The Labute approximate surface area is 117 Å². The second-order valence-corrected chi connectivity index (χ2v) is 4.99. The number of ether oxygens (including phenoxy) is 3. The van der Waals surface area contributed by atoms with Crippen LogP contribution in [0.3, 0.4) is 0 Å². The molecule has 20 heavy (non-hydrogen) atoms. The Morgan fingerprint density at radius 3 is 2.45 bits per heavy atom. The van der Waals surface area contributed by atoms with Gasteiger partial charge in [-0.2, -0.15) is 0 Å². The van der Waals surface area contributed by atoms with Crippen molar-refractivity contribution in [3.05, 3.63) is 36.3 Å². The molecule has 0 aromatic carbocycles. The lowest BCUT2D eigenvalue weighted by Crippen LogP contribution is -2.26. The molecule has 6 nitrogen and oxygen atoms in total. The number of furan rings is 1. The van der Waals surface area contributed by atoms with Crippen molar-refractivity contribution >= 4 is 12.1 Å². The molecule has 6 heteroatoms. The molecule has 0 saturated heterocycles. The summed E-state index contributed by atoms with van der Waals surface area (Å²) in [5, 5.41) is 0. The SMILES string of the molecule is C=C(C(=O)OC)C(OC(=O)OC(C)(C)C)c1ccco1. The van der Waals surface area contributed by atoms with Crippen molar-refractivity contribution in [2.75, 3.05) is 7.11 Å². The van der Waals surface area contributed by atoms with Gasteiger partial charge in [0, 0.05) is 0 Å². The highest BCUT2D eigenvalue weighted by Gasteiger charge is 2.30. The van der Waals surface area contributed by atoms with Crippen LogP contribution < -0.4 is 0 Å². The van der Waals surface area contributed by atoms with Gasteiger partial charge in [0.25, 0.3) is 0 Å². The van der Waals surface area contributed by atoms with Crippen LogP contribution in [0, 0.1) is 0 Å². The fraction of sp³-hybridized carbons (Fsp3) is 0.429. The van der Waals surface area contributed by atoms with Gasteiger partial charge in [-0.3, -0.25) is 0 Å². The Balaban J connectivity index is 2.88. The average Bonchev–Trinajstić information content (AvgIpc) is 2.85. The maximum absolute atomic E-state index is 11.7. The topological polar surface area (TPSA) is 75.0 Å². The summed E-state index contributed by atoms with van der Waals surface area (Å²) in [4.78, 5) is 23.2. The van der Waals surface area contributed by atoms with Gasteiger partial charge in [-0.15, -0.1) is 0 Å². The zero-order chi connectivity index (χ0) is 15.3. The second-order valence-electron chi connectivity index (χ2n) is 4.99. The van der Waals surface area contributed by atoms with Crippen molar-refractivity contribution in [2.45, 2.75) is 32.5 Å². The van der Waals surface area contributed by atoms with Crippen LogP contribution in [0.1, 0.15) is 32.6 Å². The molecule has 0 aliphatic heterocycles. The predicted molar refractivity (Wildman–Crippen MR) is 69.9 cm³/mol. The van der Waals surface area contributed by atoms with Gasteiger partial charge in [-0.1, -0.05) is 6.58 Å². The van der Waals surface area contributed by atoms with E-state index in [4.69, 9.17) is 13.9 Å². The number of esters is 1. The van der Waals surface area contributed by atoms with Gasteiger partial charge >= 0.3 is 12.1 Å². The van der Waals surface area contributed by atoms with Gasteiger partial charge in [0.2, 0.25) is 0 Å². The summed E-state index contributed by atoms with van der Waals surface area (Å²) in [6, 6.07) is 3.16. The Hall–Kier alpha value is -2.24. The van der Waals surface area contributed by atoms with E-state index in [0.29, 0.717) is 0 Å². The lowest BCUT2D eigenvalue weighted by Gasteiger charge is -2.22. The van der Waals surface area contributed by atoms with E-state index < -0.39 is 23.8 Å². The molecule has 0 spiro atoms. The number of hydrogen-bond donors (Lipinski definition) is 0.